The number of aromatic nitrogens is 6. The molecule has 2 N–H and O–H groups in total. The minimum atomic E-state index is -4.55. The van der Waals surface area contributed by atoms with Gasteiger partial charge in [0.2, 0.25) is 11.2 Å². The molecular formula is C16H12ClF6N7O. The smallest absolute Gasteiger partial charge is 0.433 e. The first kappa shape index (κ1) is 24.0. The summed E-state index contributed by atoms with van der Waals surface area (Å²) >= 11 is 5.13. The van der Waals surface area contributed by atoms with Crippen molar-refractivity contribution in [1.82, 2.24) is 29.9 Å². The second kappa shape index (κ2) is 9.68. The van der Waals surface area contributed by atoms with Crippen molar-refractivity contribution in [3.8, 4) is 6.01 Å². The first-order valence-electron chi connectivity index (χ1n) is 8.07. The quantitative estimate of drug-likeness (QED) is 0.451. The molecule has 0 aromatic carbocycles. The Balaban J connectivity index is 0.000000262. The molecule has 3 heterocycles. The zero-order valence-electron chi connectivity index (χ0n) is 15.4. The lowest BCUT2D eigenvalue weighted by molar-refractivity contribution is -0.142. The van der Waals surface area contributed by atoms with E-state index in [0.29, 0.717) is 5.69 Å². The highest BCUT2D eigenvalue weighted by Crippen LogP contribution is 2.29. The Morgan fingerprint density at radius 3 is 1.90 bits per heavy atom. The van der Waals surface area contributed by atoms with Crippen LogP contribution in [0.5, 0.6) is 6.01 Å². The van der Waals surface area contributed by atoms with Crippen LogP contribution in [0, 0.1) is 0 Å². The molecule has 0 aliphatic heterocycles. The van der Waals surface area contributed by atoms with Crippen LogP contribution in [-0.2, 0) is 12.4 Å². The second-order valence-electron chi connectivity index (χ2n) is 5.53. The van der Waals surface area contributed by atoms with Crippen LogP contribution in [-0.4, -0.2) is 29.9 Å². The average molecular weight is 468 g/mol. The molecule has 0 spiro atoms. The predicted molar refractivity (Wildman–Crippen MR) is 94.6 cm³/mol. The van der Waals surface area contributed by atoms with Crippen LogP contribution in [0.2, 0.25) is 5.28 Å². The fourth-order valence-corrected chi connectivity index (χ4v) is 2.03. The van der Waals surface area contributed by atoms with Crippen molar-refractivity contribution < 1.29 is 31.1 Å². The summed E-state index contributed by atoms with van der Waals surface area (Å²) in [7, 11) is 0. The topological polar surface area (TPSA) is 113 Å². The van der Waals surface area contributed by atoms with E-state index in [-0.39, 0.29) is 12.0 Å². The van der Waals surface area contributed by atoms with Crippen LogP contribution in [0.25, 0.3) is 0 Å². The highest BCUT2D eigenvalue weighted by molar-refractivity contribution is 6.28. The molecular weight excluding hydrogens is 456 g/mol. The molecule has 3 rings (SSSR count). The molecule has 3 aromatic heterocycles. The summed E-state index contributed by atoms with van der Waals surface area (Å²) in [6, 6.07) is 2.67. The van der Waals surface area contributed by atoms with E-state index < -0.39 is 35.1 Å². The van der Waals surface area contributed by atoms with Gasteiger partial charge in [0.25, 0.3) is 0 Å². The molecule has 0 radical (unpaired) electrons. The van der Waals surface area contributed by atoms with Crippen LogP contribution in [0.3, 0.4) is 0 Å². The Labute approximate surface area is 175 Å². The van der Waals surface area contributed by atoms with Gasteiger partial charge < -0.3 is 10.5 Å². The van der Waals surface area contributed by atoms with Crippen molar-refractivity contribution in [2.75, 3.05) is 5.73 Å². The summed E-state index contributed by atoms with van der Waals surface area (Å²) in [4.78, 5) is 20.8. The normalized spacial score (nSPS) is 12.5. The largest absolute Gasteiger partial charge is 0.454 e. The number of hydrogen-bond donors (Lipinski definition) is 1. The van der Waals surface area contributed by atoms with Gasteiger partial charge in [-0.1, -0.05) is 0 Å². The molecule has 0 fully saturated rings. The van der Waals surface area contributed by atoms with E-state index in [4.69, 9.17) is 22.1 Å². The molecule has 0 bridgehead atoms. The number of alkyl halides is 6. The summed E-state index contributed by atoms with van der Waals surface area (Å²) in [6.07, 6.45) is -6.31. The maximum atomic E-state index is 12.5. The third-order valence-corrected chi connectivity index (χ3v) is 3.42. The molecule has 0 saturated carbocycles. The maximum absolute atomic E-state index is 12.5. The Morgan fingerprint density at radius 2 is 1.39 bits per heavy atom. The van der Waals surface area contributed by atoms with Gasteiger partial charge in [-0.15, -0.1) is 0 Å². The Morgan fingerprint density at radius 1 is 0.839 bits per heavy atom. The zero-order chi connectivity index (χ0) is 23.2. The second-order valence-corrected chi connectivity index (χ2v) is 5.87. The third kappa shape index (κ3) is 7.47. The molecule has 0 unspecified atom stereocenters. The van der Waals surface area contributed by atoms with Crippen molar-refractivity contribution in [2.45, 2.75) is 25.4 Å². The number of nitrogens with zero attached hydrogens (tertiary/aromatic N) is 6. The number of ether oxygens (including phenoxy) is 1. The number of nitrogen functional groups attached to an aromatic ring is 1. The zero-order valence-corrected chi connectivity index (χ0v) is 16.1. The molecule has 1 atom stereocenters. The lowest BCUT2D eigenvalue weighted by Crippen LogP contribution is -2.12. The van der Waals surface area contributed by atoms with Gasteiger partial charge in [0.1, 0.15) is 11.8 Å². The summed E-state index contributed by atoms with van der Waals surface area (Å²) in [5.41, 5.74) is 3.73. The SMILES string of the molecule is C[C@@H](Oc1nccc(C(F)(F)F)n1)c1ccnc(N)n1.FC(F)(F)c1ccnc(Cl)n1. The maximum Gasteiger partial charge on any atom is 0.433 e. The van der Waals surface area contributed by atoms with E-state index in [2.05, 4.69) is 29.9 Å². The van der Waals surface area contributed by atoms with Crippen LogP contribution in [0.15, 0.2) is 36.8 Å². The van der Waals surface area contributed by atoms with E-state index in [1.165, 1.54) is 12.3 Å². The van der Waals surface area contributed by atoms with Crippen LogP contribution >= 0.6 is 11.6 Å². The summed E-state index contributed by atoms with van der Waals surface area (Å²) in [5.74, 6) is 0.0444. The monoisotopic (exact) mass is 467 g/mol. The van der Waals surface area contributed by atoms with Crippen molar-refractivity contribution in [1.29, 1.82) is 0 Å². The third-order valence-electron chi connectivity index (χ3n) is 3.23. The van der Waals surface area contributed by atoms with Crippen LogP contribution < -0.4 is 10.5 Å². The van der Waals surface area contributed by atoms with Gasteiger partial charge in [0.05, 0.1) is 5.69 Å². The molecule has 8 nitrogen and oxygen atoms in total. The summed E-state index contributed by atoms with van der Waals surface area (Å²) in [6.45, 7) is 1.59. The van der Waals surface area contributed by atoms with Gasteiger partial charge >= 0.3 is 18.4 Å². The molecule has 0 saturated heterocycles. The summed E-state index contributed by atoms with van der Waals surface area (Å²) in [5, 5.41) is -0.403. The average Bonchev–Trinajstić information content (AvgIpc) is 2.67. The van der Waals surface area contributed by atoms with Gasteiger partial charge in [0.15, 0.2) is 5.69 Å². The van der Waals surface area contributed by atoms with E-state index >= 15 is 0 Å². The van der Waals surface area contributed by atoms with Gasteiger partial charge in [-0.3, -0.25) is 0 Å². The standard InChI is InChI=1S/C11H10F3N5O.C5H2ClF3N2/c1-6(7-2-4-16-9(15)18-7)20-10-17-5-3-8(19-10)11(12,13)14;6-4-10-2-1-3(11-4)5(7,8)9/h2-6H,1H3,(H2,15,16,18);1-2H/t6-;/m1./s1. The van der Waals surface area contributed by atoms with E-state index in [0.717, 1.165) is 24.5 Å². The van der Waals surface area contributed by atoms with Gasteiger partial charge in [-0.2, -0.15) is 31.3 Å². The fourth-order valence-electron chi connectivity index (χ4n) is 1.88. The molecule has 0 aliphatic rings. The number of halogens is 7. The minimum Gasteiger partial charge on any atom is -0.454 e. The lowest BCUT2D eigenvalue weighted by atomic mass is 10.3. The molecule has 166 valence electrons. The van der Waals surface area contributed by atoms with Gasteiger partial charge in [-0.25, -0.2) is 24.9 Å². The van der Waals surface area contributed by atoms with Crippen molar-refractivity contribution >= 4 is 17.5 Å². The fraction of sp³-hybridized carbons (Fsp3) is 0.250. The van der Waals surface area contributed by atoms with Crippen LogP contribution in [0.4, 0.5) is 32.3 Å². The molecule has 31 heavy (non-hydrogen) atoms. The van der Waals surface area contributed by atoms with Crippen molar-refractivity contribution in [3.05, 3.63) is 59.2 Å². The first-order valence-corrected chi connectivity index (χ1v) is 8.45. The van der Waals surface area contributed by atoms with Crippen LogP contribution in [0.1, 0.15) is 30.1 Å². The molecule has 0 amide bonds. The lowest BCUT2D eigenvalue weighted by Gasteiger charge is -2.13. The molecule has 0 aliphatic carbocycles. The predicted octanol–water partition coefficient (Wildman–Crippen LogP) is 4.16. The number of rotatable bonds is 3. The van der Waals surface area contributed by atoms with E-state index in [1.807, 2.05) is 0 Å². The minimum absolute atomic E-state index is 0.0444. The summed E-state index contributed by atoms with van der Waals surface area (Å²) < 4.78 is 78.2. The van der Waals surface area contributed by atoms with Gasteiger partial charge in [0, 0.05) is 18.6 Å². The highest BCUT2D eigenvalue weighted by atomic mass is 35.5. The highest BCUT2D eigenvalue weighted by Gasteiger charge is 2.33. The van der Waals surface area contributed by atoms with Crippen molar-refractivity contribution in [3.63, 3.8) is 0 Å². The number of anilines is 1. The Bertz CT molecular complexity index is 1020. The first-order chi connectivity index (χ1) is 14.4. The number of nitrogens with two attached hydrogens (primary N) is 1. The van der Waals surface area contributed by atoms with Crippen molar-refractivity contribution in [2.24, 2.45) is 0 Å². The molecule has 15 heteroatoms. The molecule has 3 aromatic rings. The Hall–Kier alpha value is -3.29. The van der Waals surface area contributed by atoms with E-state index in [9.17, 15) is 26.3 Å². The van der Waals surface area contributed by atoms with Gasteiger partial charge in [-0.05, 0) is 36.7 Å². The van der Waals surface area contributed by atoms with E-state index in [1.54, 1.807) is 6.92 Å². The Kier molecular flexibility index (Phi) is 7.49. The number of hydrogen-bond acceptors (Lipinski definition) is 8.